The SMILES string of the molecule is COc1ccc(CSCC(=O)Nc2ccc(C)c(C(F)(F)F)c2)cc1[N+](=O)[O-]. The molecule has 2 aromatic rings. The molecular formula is C18H17F3N2O4S. The van der Waals surface area contributed by atoms with Gasteiger partial charge in [-0.05, 0) is 36.2 Å². The molecule has 6 nitrogen and oxygen atoms in total. The van der Waals surface area contributed by atoms with E-state index in [0.717, 1.165) is 6.07 Å². The van der Waals surface area contributed by atoms with E-state index in [2.05, 4.69) is 5.32 Å². The van der Waals surface area contributed by atoms with Gasteiger partial charge in [0.2, 0.25) is 5.91 Å². The zero-order valence-corrected chi connectivity index (χ0v) is 15.8. The Morgan fingerprint density at radius 3 is 2.57 bits per heavy atom. The van der Waals surface area contributed by atoms with Gasteiger partial charge >= 0.3 is 11.9 Å². The van der Waals surface area contributed by atoms with Crippen LogP contribution >= 0.6 is 11.8 Å². The zero-order valence-electron chi connectivity index (χ0n) is 15.0. The molecule has 1 amide bonds. The van der Waals surface area contributed by atoms with E-state index in [1.807, 2.05) is 0 Å². The van der Waals surface area contributed by atoms with E-state index in [1.165, 1.54) is 50.1 Å². The molecule has 0 aliphatic rings. The number of benzene rings is 2. The van der Waals surface area contributed by atoms with E-state index >= 15 is 0 Å². The van der Waals surface area contributed by atoms with Crippen molar-refractivity contribution in [3.8, 4) is 5.75 Å². The average Bonchev–Trinajstić information content (AvgIpc) is 2.62. The molecule has 0 saturated carbocycles. The summed E-state index contributed by atoms with van der Waals surface area (Å²) in [5, 5.41) is 13.4. The number of ether oxygens (including phenoxy) is 1. The second kappa shape index (κ2) is 8.96. The number of thioether (sulfide) groups is 1. The normalized spacial score (nSPS) is 11.2. The Morgan fingerprint density at radius 1 is 1.25 bits per heavy atom. The Kier molecular flexibility index (Phi) is 6.90. The molecule has 0 aliphatic heterocycles. The molecule has 0 heterocycles. The maximum absolute atomic E-state index is 12.9. The fourth-order valence-corrected chi connectivity index (χ4v) is 3.21. The number of nitro benzene ring substituents is 1. The van der Waals surface area contributed by atoms with Gasteiger partial charge in [-0.1, -0.05) is 12.1 Å². The number of aryl methyl sites for hydroxylation is 1. The minimum Gasteiger partial charge on any atom is -0.490 e. The first-order valence-corrected chi connectivity index (χ1v) is 9.14. The van der Waals surface area contributed by atoms with Crippen LogP contribution in [0.2, 0.25) is 0 Å². The molecular weight excluding hydrogens is 397 g/mol. The number of amides is 1. The predicted molar refractivity (Wildman–Crippen MR) is 101 cm³/mol. The summed E-state index contributed by atoms with van der Waals surface area (Å²) >= 11 is 1.18. The molecule has 0 spiro atoms. The Bertz CT molecular complexity index is 888. The van der Waals surface area contributed by atoms with E-state index in [9.17, 15) is 28.1 Å². The van der Waals surface area contributed by atoms with Crippen LogP contribution in [0.4, 0.5) is 24.5 Å². The molecule has 2 rings (SSSR count). The van der Waals surface area contributed by atoms with Crippen molar-refractivity contribution in [2.24, 2.45) is 0 Å². The van der Waals surface area contributed by atoms with Crippen molar-refractivity contribution in [2.75, 3.05) is 18.2 Å². The molecule has 10 heteroatoms. The van der Waals surface area contributed by atoms with Gasteiger partial charge in [-0.2, -0.15) is 13.2 Å². The lowest BCUT2D eigenvalue weighted by atomic mass is 10.1. The van der Waals surface area contributed by atoms with Crippen LogP contribution in [0.1, 0.15) is 16.7 Å². The largest absolute Gasteiger partial charge is 0.490 e. The number of carbonyl (C=O) groups excluding carboxylic acids is 1. The topological polar surface area (TPSA) is 81.5 Å². The van der Waals surface area contributed by atoms with E-state index in [1.54, 1.807) is 6.07 Å². The number of nitrogens with one attached hydrogen (secondary N) is 1. The third-order valence-corrected chi connectivity index (χ3v) is 4.77. The van der Waals surface area contributed by atoms with E-state index in [4.69, 9.17) is 4.74 Å². The summed E-state index contributed by atoms with van der Waals surface area (Å²) in [6, 6.07) is 8.07. The van der Waals surface area contributed by atoms with E-state index in [-0.39, 0.29) is 28.4 Å². The van der Waals surface area contributed by atoms with Crippen molar-refractivity contribution in [3.63, 3.8) is 0 Å². The van der Waals surface area contributed by atoms with Crippen LogP contribution in [-0.2, 0) is 16.7 Å². The summed E-state index contributed by atoms with van der Waals surface area (Å²) in [7, 11) is 1.33. The van der Waals surface area contributed by atoms with Gasteiger partial charge in [-0.25, -0.2) is 0 Å². The van der Waals surface area contributed by atoms with Crippen molar-refractivity contribution in [1.82, 2.24) is 0 Å². The summed E-state index contributed by atoms with van der Waals surface area (Å²) in [6.45, 7) is 1.35. The molecule has 150 valence electrons. The van der Waals surface area contributed by atoms with Crippen LogP contribution in [0.5, 0.6) is 5.75 Å². The molecule has 28 heavy (non-hydrogen) atoms. The highest BCUT2D eigenvalue weighted by Gasteiger charge is 2.32. The van der Waals surface area contributed by atoms with Crippen LogP contribution < -0.4 is 10.1 Å². The fraction of sp³-hybridized carbons (Fsp3) is 0.278. The van der Waals surface area contributed by atoms with Gasteiger partial charge in [0.25, 0.3) is 0 Å². The fourth-order valence-electron chi connectivity index (χ4n) is 2.43. The third-order valence-electron chi connectivity index (χ3n) is 3.77. The monoisotopic (exact) mass is 414 g/mol. The number of anilines is 1. The summed E-state index contributed by atoms with van der Waals surface area (Å²) in [6.07, 6.45) is -4.50. The number of rotatable bonds is 7. The number of nitro groups is 1. The lowest BCUT2D eigenvalue weighted by Gasteiger charge is -2.12. The van der Waals surface area contributed by atoms with Crippen LogP contribution in [0.3, 0.4) is 0 Å². The Hall–Kier alpha value is -2.75. The maximum atomic E-state index is 12.9. The van der Waals surface area contributed by atoms with Gasteiger partial charge < -0.3 is 10.1 Å². The van der Waals surface area contributed by atoms with Gasteiger partial charge in [0.1, 0.15) is 0 Å². The van der Waals surface area contributed by atoms with Crippen LogP contribution in [0.15, 0.2) is 36.4 Å². The highest BCUT2D eigenvalue weighted by atomic mass is 32.2. The van der Waals surface area contributed by atoms with Crippen molar-refractivity contribution in [3.05, 3.63) is 63.2 Å². The molecule has 0 saturated heterocycles. The second-order valence-corrected chi connectivity index (χ2v) is 6.82. The van der Waals surface area contributed by atoms with Crippen LogP contribution in [-0.4, -0.2) is 23.7 Å². The Labute approximate surface area is 163 Å². The molecule has 0 radical (unpaired) electrons. The van der Waals surface area contributed by atoms with Gasteiger partial charge in [-0.3, -0.25) is 14.9 Å². The molecule has 0 atom stereocenters. The van der Waals surface area contributed by atoms with Crippen LogP contribution in [0.25, 0.3) is 0 Å². The summed E-state index contributed by atoms with van der Waals surface area (Å²) < 4.78 is 43.7. The first-order valence-electron chi connectivity index (χ1n) is 7.98. The van der Waals surface area contributed by atoms with Crippen LogP contribution in [0, 0.1) is 17.0 Å². The number of halogens is 3. The quantitative estimate of drug-likeness (QED) is 0.520. The van der Waals surface area contributed by atoms with Crippen molar-refractivity contribution < 1.29 is 27.6 Å². The first kappa shape index (κ1) is 21.5. The minimum absolute atomic E-state index is 0.0188. The molecule has 2 aromatic carbocycles. The minimum atomic E-state index is -4.50. The Morgan fingerprint density at radius 2 is 1.96 bits per heavy atom. The van der Waals surface area contributed by atoms with Gasteiger partial charge in [0.15, 0.2) is 5.75 Å². The predicted octanol–water partition coefficient (Wildman–Crippen LogP) is 4.80. The Balaban J connectivity index is 1.95. The molecule has 0 aromatic heterocycles. The number of alkyl halides is 3. The van der Waals surface area contributed by atoms with Gasteiger partial charge in [-0.15, -0.1) is 11.8 Å². The van der Waals surface area contributed by atoms with Crippen molar-refractivity contribution in [2.45, 2.75) is 18.9 Å². The number of hydrogen-bond acceptors (Lipinski definition) is 5. The molecule has 1 N–H and O–H groups in total. The number of hydrogen-bond donors (Lipinski definition) is 1. The lowest BCUT2D eigenvalue weighted by Crippen LogP contribution is -2.15. The van der Waals surface area contributed by atoms with Gasteiger partial charge in [0, 0.05) is 17.5 Å². The smallest absolute Gasteiger partial charge is 0.416 e. The third kappa shape index (κ3) is 5.62. The zero-order chi connectivity index (χ0) is 20.9. The molecule has 0 aliphatic carbocycles. The van der Waals surface area contributed by atoms with E-state index < -0.39 is 22.6 Å². The number of carbonyl (C=O) groups is 1. The number of methoxy groups -OCH3 is 1. The summed E-state index contributed by atoms with van der Waals surface area (Å²) in [4.78, 5) is 22.4. The molecule has 0 bridgehead atoms. The molecule has 0 fully saturated rings. The highest BCUT2D eigenvalue weighted by molar-refractivity contribution is 7.99. The van der Waals surface area contributed by atoms with Gasteiger partial charge in [0.05, 0.1) is 23.3 Å². The summed E-state index contributed by atoms with van der Waals surface area (Å²) in [5.41, 5.74) is -0.225. The lowest BCUT2D eigenvalue weighted by molar-refractivity contribution is -0.385. The summed E-state index contributed by atoms with van der Waals surface area (Å²) in [5.74, 6) is -0.0315. The standard InChI is InChI=1S/C18H17F3N2O4S/c1-11-3-5-13(8-14(11)18(19,20)21)22-17(24)10-28-9-12-4-6-16(27-2)15(7-12)23(25)26/h3-8H,9-10H2,1-2H3,(H,22,24). The highest BCUT2D eigenvalue weighted by Crippen LogP contribution is 2.33. The molecule has 0 unspecified atom stereocenters. The maximum Gasteiger partial charge on any atom is 0.416 e. The van der Waals surface area contributed by atoms with E-state index in [0.29, 0.717) is 11.3 Å². The number of nitrogens with zero attached hydrogens (tertiary/aromatic N) is 1. The van der Waals surface area contributed by atoms with Crippen molar-refractivity contribution in [1.29, 1.82) is 0 Å². The van der Waals surface area contributed by atoms with Crippen molar-refractivity contribution >= 4 is 29.0 Å². The average molecular weight is 414 g/mol. The second-order valence-electron chi connectivity index (χ2n) is 5.83. The first-order chi connectivity index (χ1) is 13.1.